The third-order valence-corrected chi connectivity index (χ3v) is 4.60. The minimum absolute atomic E-state index is 0. The number of ether oxygens (including phenoxy) is 1. The average Bonchev–Trinajstić information content (AvgIpc) is 2.87. The molecule has 2 heterocycles. The third kappa shape index (κ3) is 3.37. The van der Waals surface area contributed by atoms with Crippen LogP contribution >= 0.6 is 23.7 Å². The molecule has 0 aliphatic carbocycles. The summed E-state index contributed by atoms with van der Waals surface area (Å²) in [7, 11) is 0. The van der Waals surface area contributed by atoms with Gasteiger partial charge in [-0.2, -0.15) is 0 Å². The molecule has 0 atom stereocenters. The fourth-order valence-corrected chi connectivity index (χ4v) is 3.26. The van der Waals surface area contributed by atoms with E-state index in [1.165, 1.54) is 4.88 Å². The highest BCUT2D eigenvalue weighted by Crippen LogP contribution is 2.28. The number of aryl methyl sites for hydroxylation is 1. The van der Waals surface area contributed by atoms with E-state index in [1.807, 2.05) is 25.1 Å². The second kappa shape index (κ2) is 6.47. The highest BCUT2D eigenvalue weighted by atomic mass is 35.5. The van der Waals surface area contributed by atoms with E-state index in [-0.39, 0.29) is 18.3 Å². The fourth-order valence-electron chi connectivity index (χ4n) is 2.22. The van der Waals surface area contributed by atoms with E-state index >= 15 is 0 Å². The molecule has 1 aromatic heterocycles. The van der Waals surface area contributed by atoms with Crippen LogP contribution in [0.5, 0.6) is 0 Å². The first-order valence-corrected chi connectivity index (χ1v) is 7.32. The zero-order chi connectivity index (χ0) is 14.1. The van der Waals surface area contributed by atoms with Crippen molar-refractivity contribution in [2.24, 2.45) is 0 Å². The number of carbonyl (C=O) groups excluding carboxylic acids is 1. The Morgan fingerprint density at radius 3 is 2.95 bits per heavy atom. The highest BCUT2D eigenvalue weighted by molar-refractivity contribution is 7.14. The first-order valence-electron chi connectivity index (χ1n) is 6.50. The van der Waals surface area contributed by atoms with Gasteiger partial charge >= 0.3 is 0 Å². The third-order valence-electron chi connectivity index (χ3n) is 3.36. The number of anilines is 2. The number of nitrogen functional groups attached to an aromatic ring is 1. The Balaban J connectivity index is 0.00000161. The fraction of sp³-hybridized carbons (Fsp3) is 0.267. The molecule has 4 nitrogen and oxygen atoms in total. The molecule has 1 aliphatic rings. The normalized spacial score (nSPS) is 13.2. The molecule has 112 valence electrons. The number of amides is 1. The molecule has 3 rings (SSSR count). The Morgan fingerprint density at radius 2 is 2.19 bits per heavy atom. The number of nitrogens with one attached hydrogen (secondary N) is 1. The molecule has 0 bridgehead atoms. The first-order chi connectivity index (χ1) is 9.63. The summed E-state index contributed by atoms with van der Waals surface area (Å²) in [6, 6.07) is 7.43. The molecule has 0 unspecified atom stereocenters. The molecule has 0 spiro atoms. The second-order valence-corrected chi connectivity index (χ2v) is 6.03. The van der Waals surface area contributed by atoms with Gasteiger partial charge in [0.15, 0.2) is 0 Å². The molecule has 0 fully saturated rings. The van der Waals surface area contributed by atoms with Crippen molar-refractivity contribution in [2.75, 3.05) is 17.7 Å². The first kappa shape index (κ1) is 15.8. The van der Waals surface area contributed by atoms with Crippen LogP contribution in [0, 0.1) is 6.92 Å². The maximum Gasteiger partial charge on any atom is 0.265 e. The summed E-state index contributed by atoms with van der Waals surface area (Å²) in [6.45, 7) is 3.29. The van der Waals surface area contributed by atoms with Crippen molar-refractivity contribution in [2.45, 2.75) is 20.0 Å². The minimum Gasteiger partial charge on any atom is -0.399 e. The summed E-state index contributed by atoms with van der Waals surface area (Å²) in [5.41, 5.74) is 9.29. The zero-order valence-electron chi connectivity index (χ0n) is 11.6. The number of carbonyl (C=O) groups is 1. The Morgan fingerprint density at radius 1 is 1.38 bits per heavy atom. The average molecular weight is 325 g/mol. The number of fused-ring (bicyclic) bond motifs is 1. The number of hydrogen-bond acceptors (Lipinski definition) is 4. The quantitative estimate of drug-likeness (QED) is 0.832. The number of halogens is 1. The smallest absolute Gasteiger partial charge is 0.265 e. The predicted molar refractivity (Wildman–Crippen MR) is 88.5 cm³/mol. The van der Waals surface area contributed by atoms with Gasteiger partial charge in [0.2, 0.25) is 0 Å². The van der Waals surface area contributed by atoms with E-state index in [1.54, 1.807) is 17.4 Å². The molecule has 0 saturated carbocycles. The molecule has 0 saturated heterocycles. The van der Waals surface area contributed by atoms with Crippen molar-refractivity contribution in [3.8, 4) is 0 Å². The Kier molecular flexibility index (Phi) is 4.88. The van der Waals surface area contributed by atoms with Crippen LogP contribution < -0.4 is 11.1 Å². The van der Waals surface area contributed by atoms with Crippen molar-refractivity contribution in [3.05, 3.63) is 45.1 Å². The lowest BCUT2D eigenvalue weighted by Crippen LogP contribution is -2.11. The lowest BCUT2D eigenvalue weighted by Gasteiger charge is -2.10. The van der Waals surface area contributed by atoms with Crippen LogP contribution in [0.4, 0.5) is 11.4 Å². The Bertz CT molecular complexity index is 646. The number of nitrogens with two attached hydrogens (primary N) is 1. The van der Waals surface area contributed by atoms with Gasteiger partial charge in [0.05, 0.1) is 18.1 Å². The van der Waals surface area contributed by atoms with Gasteiger partial charge in [0.1, 0.15) is 0 Å². The van der Waals surface area contributed by atoms with Gasteiger partial charge in [0, 0.05) is 22.7 Å². The molecule has 1 amide bonds. The summed E-state index contributed by atoms with van der Waals surface area (Å²) in [4.78, 5) is 14.3. The maximum atomic E-state index is 12.3. The molecule has 2 aromatic rings. The lowest BCUT2D eigenvalue weighted by molar-refractivity contribution is 0.102. The van der Waals surface area contributed by atoms with Gasteiger partial charge in [-0.05, 0) is 36.2 Å². The summed E-state index contributed by atoms with van der Waals surface area (Å²) < 4.78 is 5.40. The largest absolute Gasteiger partial charge is 0.399 e. The summed E-state index contributed by atoms with van der Waals surface area (Å²) in [5.74, 6) is -0.0851. The molecule has 21 heavy (non-hydrogen) atoms. The van der Waals surface area contributed by atoms with Crippen molar-refractivity contribution < 1.29 is 9.53 Å². The van der Waals surface area contributed by atoms with Crippen molar-refractivity contribution in [3.63, 3.8) is 0 Å². The van der Waals surface area contributed by atoms with Crippen molar-refractivity contribution in [1.82, 2.24) is 0 Å². The highest BCUT2D eigenvalue weighted by Gasteiger charge is 2.18. The van der Waals surface area contributed by atoms with Crippen LogP contribution in [0.15, 0.2) is 24.3 Å². The lowest BCUT2D eigenvalue weighted by atomic mass is 10.1. The maximum absolute atomic E-state index is 12.3. The van der Waals surface area contributed by atoms with Crippen LogP contribution in [0.25, 0.3) is 0 Å². The van der Waals surface area contributed by atoms with E-state index in [0.717, 1.165) is 34.7 Å². The van der Waals surface area contributed by atoms with Crippen LogP contribution in [0.2, 0.25) is 0 Å². The van der Waals surface area contributed by atoms with Gasteiger partial charge in [-0.25, -0.2) is 0 Å². The standard InChI is InChI=1S/C15H16N2O2S.ClH/c1-9-2-3-11(16)7-12(9)17-15(18)14-6-10-8-19-5-4-13(10)20-14;/h2-3,6-7H,4-5,8,16H2,1H3,(H,17,18);1H. The van der Waals surface area contributed by atoms with Crippen LogP contribution in [-0.4, -0.2) is 12.5 Å². The topological polar surface area (TPSA) is 64.3 Å². The molecule has 6 heteroatoms. The van der Waals surface area contributed by atoms with Crippen LogP contribution in [0.3, 0.4) is 0 Å². The Labute approximate surface area is 133 Å². The second-order valence-electron chi connectivity index (χ2n) is 4.89. The molecule has 0 radical (unpaired) electrons. The predicted octanol–water partition coefficient (Wildman–Crippen LogP) is 3.39. The molecular weight excluding hydrogens is 308 g/mol. The van der Waals surface area contributed by atoms with Crippen molar-refractivity contribution >= 4 is 41.0 Å². The minimum atomic E-state index is -0.0851. The van der Waals surface area contributed by atoms with Gasteiger partial charge in [-0.3, -0.25) is 4.79 Å². The van der Waals surface area contributed by atoms with Crippen LogP contribution in [-0.2, 0) is 17.8 Å². The van der Waals surface area contributed by atoms with Gasteiger partial charge in [-0.15, -0.1) is 23.7 Å². The van der Waals surface area contributed by atoms with Gasteiger partial charge in [0.25, 0.3) is 5.91 Å². The molecular formula is C15H17ClN2O2S. The summed E-state index contributed by atoms with van der Waals surface area (Å²) in [5, 5.41) is 2.93. The van der Waals surface area contributed by atoms with Crippen LogP contribution in [0.1, 0.15) is 25.7 Å². The molecule has 1 aromatic carbocycles. The summed E-state index contributed by atoms with van der Waals surface area (Å²) >= 11 is 1.55. The number of rotatable bonds is 2. The zero-order valence-corrected chi connectivity index (χ0v) is 13.3. The van der Waals surface area contributed by atoms with Gasteiger partial charge in [-0.1, -0.05) is 6.07 Å². The monoisotopic (exact) mass is 324 g/mol. The van der Waals surface area contributed by atoms with E-state index in [0.29, 0.717) is 12.3 Å². The van der Waals surface area contributed by atoms with E-state index < -0.39 is 0 Å². The van der Waals surface area contributed by atoms with E-state index in [4.69, 9.17) is 10.5 Å². The van der Waals surface area contributed by atoms with E-state index in [2.05, 4.69) is 5.32 Å². The molecule has 3 N–H and O–H groups in total. The summed E-state index contributed by atoms with van der Waals surface area (Å²) in [6.07, 6.45) is 0.893. The Hall–Kier alpha value is -1.56. The van der Waals surface area contributed by atoms with Crippen molar-refractivity contribution in [1.29, 1.82) is 0 Å². The van der Waals surface area contributed by atoms with E-state index in [9.17, 15) is 4.79 Å². The number of hydrogen-bond donors (Lipinski definition) is 2. The SMILES string of the molecule is Cc1ccc(N)cc1NC(=O)c1cc2c(s1)CCOC2.Cl. The number of thiophene rings is 1. The van der Waals surface area contributed by atoms with Gasteiger partial charge < -0.3 is 15.8 Å². The molecule has 1 aliphatic heterocycles. The number of benzene rings is 1.